The van der Waals surface area contributed by atoms with Crippen LogP contribution in [-0.2, 0) is 27.7 Å². The molecule has 0 N–H and O–H groups in total. The topological polar surface area (TPSA) is 302 Å². The maximum Gasteiger partial charge on any atom is 0.170 e. The first kappa shape index (κ1) is 32.2. The zero-order chi connectivity index (χ0) is 25.3. The second kappa shape index (κ2) is 14.6. The van der Waals surface area contributed by atoms with Crippen LogP contribution in [0.4, 0.5) is 0 Å². The quantitative estimate of drug-likeness (QED) is 0.122. The molecule has 2 unspecified atom stereocenters. The lowest BCUT2D eigenvalue weighted by Gasteiger charge is -2.52. The maximum absolute atomic E-state index is 11.7. The molecule has 0 spiro atoms. The zero-order valence-corrected chi connectivity index (χ0v) is 19.9. The number of carbonyl (C=O) groups is 2. The van der Waals surface area contributed by atoms with E-state index in [9.17, 15) is 58.9 Å². The van der Waals surface area contributed by atoms with Crippen molar-refractivity contribution in [2.24, 2.45) is 11.8 Å². The van der Waals surface area contributed by atoms with Crippen LogP contribution < -0.4 is 49.4 Å². The first-order valence-corrected chi connectivity index (χ1v) is 12.7. The van der Waals surface area contributed by atoms with Gasteiger partial charge in [0.25, 0.3) is 0 Å². The second-order valence-corrected chi connectivity index (χ2v) is 8.80. The third-order valence-electron chi connectivity index (χ3n) is 3.97. The molecule has 0 aromatic rings. The Morgan fingerprint density at radius 3 is 1.31 bits per heavy atom. The van der Waals surface area contributed by atoms with Crippen molar-refractivity contribution in [3.8, 4) is 0 Å². The fourth-order valence-electron chi connectivity index (χ4n) is 2.70. The minimum Gasteiger partial charge on any atom is -0.820 e. The molecule has 2 atom stereocenters. The summed E-state index contributed by atoms with van der Waals surface area (Å²) in [6.07, 6.45) is -4.09. The molecule has 16 nitrogen and oxygen atoms in total. The molecule has 20 heteroatoms. The van der Waals surface area contributed by atoms with Gasteiger partial charge in [-0.2, -0.15) is 34.4 Å². The van der Waals surface area contributed by atoms with Crippen LogP contribution in [0.15, 0.2) is 0 Å². The minimum absolute atomic E-state index is 0.584. The average molecular weight is 540 g/mol. The van der Waals surface area contributed by atoms with E-state index in [0.717, 1.165) is 13.8 Å². The molecule has 190 valence electrons. The van der Waals surface area contributed by atoms with Crippen molar-refractivity contribution in [2.45, 2.75) is 51.1 Å². The van der Waals surface area contributed by atoms with Gasteiger partial charge in [0.15, 0.2) is 11.6 Å². The van der Waals surface area contributed by atoms with Gasteiger partial charge in [-0.25, -0.2) is 0 Å². The predicted octanol–water partition coefficient (Wildman–Crippen LogP) is -7.43. The Hall–Kier alpha value is 0.180. The summed E-state index contributed by atoms with van der Waals surface area (Å²) in [5, 5.41) is 22.7. The Balaban J connectivity index is 6.25. The fraction of sp³-hybridized carbons (Fsp3) is 0.833. The lowest BCUT2D eigenvalue weighted by Crippen LogP contribution is -2.49. The van der Waals surface area contributed by atoms with Crippen LogP contribution in [0.3, 0.4) is 0 Å². The number of rotatable bonds is 17. The Morgan fingerprint density at radius 1 is 0.688 bits per heavy atom. The molecule has 0 aliphatic heterocycles. The molecule has 0 aromatic carbocycles. The van der Waals surface area contributed by atoms with Crippen molar-refractivity contribution in [3.63, 3.8) is 0 Å². The summed E-state index contributed by atoms with van der Waals surface area (Å²) >= 11 is 0. The molecular weight excluding hydrogens is 524 g/mol. The third-order valence-corrected chi connectivity index (χ3v) is 5.90. The van der Waals surface area contributed by atoms with E-state index in [0.29, 0.717) is 0 Å². The SMILES string of the molecule is CCC(CC(CC(CC(C)C(=O)[O-])(OP([O-])[O-])OP([O-])[O-])C(=O)[O-])(OP([O-])[O-])OP([O-])[O-]. The zero-order valence-electron chi connectivity index (χ0n) is 16.3. The maximum atomic E-state index is 11.7. The number of carbonyl (C=O) groups excluding carboxylic acids is 2. The Kier molecular flexibility index (Phi) is 14.6. The number of carboxylic acid groups (broad SMARTS) is 2. The van der Waals surface area contributed by atoms with Gasteiger partial charge < -0.3 is 77.0 Å². The highest BCUT2D eigenvalue weighted by molar-refractivity contribution is 7.37. The van der Waals surface area contributed by atoms with E-state index in [4.69, 9.17) is 0 Å². The smallest absolute Gasteiger partial charge is 0.170 e. The van der Waals surface area contributed by atoms with Gasteiger partial charge in [-0.05, 0) is 6.42 Å². The Labute approximate surface area is 187 Å². The molecule has 32 heavy (non-hydrogen) atoms. The molecule has 0 radical (unpaired) electrons. The molecule has 0 bridgehead atoms. The van der Waals surface area contributed by atoms with E-state index < -0.39 is 95.4 Å². The van der Waals surface area contributed by atoms with Crippen molar-refractivity contribution in [1.82, 2.24) is 0 Å². The fourth-order valence-corrected chi connectivity index (χ4v) is 4.76. The van der Waals surface area contributed by atoms with Crippen molar-refractivity contribution >= 4 is 46.3 Å². The Bertz CT molecular complexity index is 569. The van der Waals surface area contributed by atoms with Crippen LogP contribution in [0.5, 0.6) is 0 Å². The molecule has 0 heterocycles. The number of carboxylic acids is 2. The normalized spacial score (nSPS) is 15.1. The summed E-state index contributed by atoms with van der Waals surface area (Å²) in [6.45, 7) is 2.08. The summed E-state index contributed by atoms with van der Waals surface area (Å²) in [5.41, 5.74) is 0. The largest absolute Gasteiger partial charge is 0.820 e. The monoisotopic (exact) mass is 540 g/mol. The van der Waals surface area contributed by atoms with E-state index in [1.807, 2.05) is 0 Å². The van der Waals surface area contributed by atoms with Crippen LogP contribution in [0, 0.1) is 11.8 Å². The van der Waals surface area contributed by atoms with Crippen LogP contribution >= 0.6 is 34.4 Å². The summed E-state index contributed by atoms with van der Waals surface area (Å²) in [6, 6.07) is 0. The first-order chi connectivity index (χ1) is 14.6. The van der Waals surface area contributed by atoms with E-state index in [-0.39, 0.29) is 0 Å². The van der Waals surface area contributed by atoms with Gasteiger partial charge in [-0.3, -0.25) is 0 Å². The van der Waals surface area contributed by atoms with Crippen LogP contribution in [0.1, 0.15) is 39.5 Å². The van der Waals surface area contributed by atoms with E-state index in [2.05, 4.69) is 18.1 Å². The van der Waals surface area contributed by atoms with Gasteiger partial charge in [-0.1, -0.05) is 13.8 Å². The highest BCUT2D eigenvalue weighted by Gasteiger charge is 2.41. The summed E-state index contributed by atoms with van der Waals surface area (Å²) in [4.78, 5) is 111. The average Bonchev–Trinajstić information content (AvgIpc) is 2.58. The van der Waals surface area contributed by atoms with E-state index >= 15 is 0 Å². The standard InChI is InChI=1S/C12H18O16P4/c1-3-11(25-29(17)18,26-30(19)20)5-8(10(15)16)6-12(27-31(21)22,28-32(23)24)4-7(2)9(13)14/h7-8H,3-6H2,1-2H3,(H,13,14)(H,15,16)/q-8/p-2. The van der Waals surface area contributed by atoms with Crippen LogP contribution in [0.2, 0.25) is 0 Å². The van der Waals surface area contributed by atoms with Gasteiger partial charge >= 0.3 is 0 Å². The highest BCUT2D eigenvalue weighted by Crippen LogP contribution is 2.46. The van der Waals surface area contributed by atoms with Crippen LogP contribution in [-0.4, -0.2) is 23.5 Å². The number of hydrogen-bond donors (Lipinski definition) is 0. The molecular formula is C12H16O16P4-10. The molecule has 0 rings (SSSR count). The lowest BCUT2D eigenvalue weighted by atomic mass is 9.87. The molecule has 0 aliphatic carbocycles. The van der Waals surface area contributed by atoms with E-state index in [1.54, 1.807) is 0 Å². The van der Waals surface area contributed by atoms with Crippen LogP contribution in [0.25, 0.3) is 0 Å². The molecule has 0 saturated carbocycles. The van der Waals surface area contributed by atoms with Crippen molar-refractivity contribution in [3.05, 3.63) is 0 Å². The molecule has 0 aromatic heterocycles. The first-order valence-electron chi connectivity index (χ1n) is 8.32. The van der Waals surface area contributed by atoms with Crippen molar-refractivity contribution < 1.29 is 77.0 Å². The molecule has 0 saturated heterocycles. The molecule has 0 fully saturated rings. The highest BCUT2D eigenvalue weighted by atomic mass is 31.2. The van der Waals surface area contributed by atoms with Crippen molar-refractivity contribution in [1.29, 1.82) is 0 Å². The Morgan fingerprint density at radius 2 is 1.03 bits per heavy atom. The van der Waals surface area contributed by atoms with Gasteiger partial charge in [0.05, 0.1) is 0 Å². The number of hydrogen-bond acceptors (Lipinski definition) is 16. The summed E-state index contributed by atoms with van der Waals surface area (Å²) < 4.78 is 17.6. The second-order valence-electron chi connectivity index (χ2n) is 6.28. The van der Waals surface area contributed by atoms with E-state index in [1.165, 1.54) is 0 Å². The third kappa shape index (κ3) is 12.0. The summed E-state index contributed by atoms with van der Waals surface area (Å²) in [5.74, 6) is -13.3. The molecule has 0 amide bonds. The van der Waals surface area contributed by atoms with Gasteiger partial charge in [-0.15, -0.1) is 0 Å². The minimum atomic E-state index is -3.96. The van der Waals surface area contributed by atoms with Gasteiger partial charge in [0.1, 0.15) is 0 Å². The summed E-state index contributed by atoms with van der Waals surface area (Å²) in [7, 11) is -15.5. The van der Waals surface area contributed by atoms with Gasteiger partial charge in [0.2, 0.25) is 0 Å². The van der Waals surface area contributed by atoms with Gasteiger partial charge in [0, 0.05) is 43.0 Å². The molecule has 0 aliphatic rings. The number of aliphatic carboxylic acids is 2. The van der Waals surface area contributed by atoms with Crippen molar-refractivity contribution in [2.75, 3.05) is 0 Å². The lowest BCUT2D eigenvalue weighted by molar-refractivity contribution is -0.367. The predicted molar refractivity (Wildman–Crippen MR) is 84.3 cm³/mol.